The summed E-state index contributed by atoms with van der Waals surface area (Å²) in [5.74, 6) is 1.54. The van der Waals surface area contributed by atoms with Gasteiger partial charge in [-0.05, 0) is 44.9 Å². The van der Waals surface area contributed by atoms with E-state index in [1.807, 2.05) is 11.8 Å². The molecule has 7 heteroatoms. The fraction of sp³-hybridized carbons (Fsp3) is 0.778. The van der Waals surface area contributed by atoms with Crippen molar-refractivity contribution in [3.05, 3.63) is 17.5 Å². The highest BCUT2D eigenvalue weighted by Crippen LogP contribution is 2.40. The van der Waals surface area contributed by atoms with Crippen LogP contribution in [0.2, 0.25) is 0 Å². The summed E-state index contributed by atoms with van der Waals surface area (Å²) in [5.41, 5.74) is 6.16. The van der Waals surface area contributed by atoms with Crippen LogP contribution in [0.4, 0.5) is 0 Å². The lowest BCUT2D eigenvalue weighted by Gasteiger charge is -2.39. The SMILES string of the molecule is CCC(NC(=O)c1cc(C2CC2)on1)C1CCN(C(O)[C@@H](C)N)CC1. The molecule has 0 aromatic carbocycles. The van der Waals surface area contributed by atoms with Crippen molar-refractivity contribution in [1.82, 2.24) is 15.4 Å². The molecule has 1 saturated carbocycles. The molecule has 1 saturated heterocycles. The first-order valence-corrected chi connectivity index (χ1v) is 9.44. The summed E-state index contributed by atoms with van der Waals surface area (Å²) in [7, 11) is 0. The van der Waals surface area contributed by atoms with Crippen LogP contribution in [0.5, 0.6) is 0 Å². The number of hydrogen-bond donors (Lipinski definition) is 3. The highest BCUT2D eigenvalue weighted by Gasteiger charge is 2.32. The molecule has 1 aliphatic heterocycles. The molecule has 1 amide bonds. The zero-order chi connectivity index (χ0) is 18.0. The van der Waals surface area contributed by atoms with E-state index in [4.69, 9.17) is 10.3 Å². The Hall–Kier alpha value is -1.44. The Morgan fingerprint density at radius 1 is 1.44 bits per heavy atom. The summed E-state index contributed by atoms with van der Waals surface area (Å²) in [6, 6.07) is 1.63. The van der Waals surface area contributed by atoms with Gasteiger partial charge in [0.1, 0.15) is 12.0 Å². The predicted molar refractivity (Wildman–Crippen MR) is 94.0 cm³/mol. The monoisotopic (exact) mass is 350 g/mol. The van der Waals surface area contributed by atoms with Gasteiger partial charge in [-0.1, -0.05) is 12.1 Å². The Balaban J connectivity index is 1.52. The van der Waals surface area contributed by atoms with Crippen LogP contribution in [0.15, 0.2) is 10.6 Å². The smallest absolute Gasteiger partial charge is 0.273 e. The van der Waals surface area contributed by atoms with Crippen molar-refractivity contribution >= 4 is 5.91 Å². The molecule has 1 aromatic rings. The second-order valence-corrected chi connectivity index (χ2v) is 7.52. The number of carbonyl (C=O) groups excluding carboxylic acids is 1. The first-order valence-electron chi connectivity index (χ1n) is 9.44. The third-order valence-corrected chi connectivity index (χ3v) is 5.48. The molecular formula is C18H30N4O3. The molecule has 3 rings (SSSR count). The lowest BCUT2D eigenvalue weighted by atomic mass is 9.87. The third kappa shape index (κ3) is 4.40. The van der Waals surface area contributed by atoms with Crippen LogP contribution in [0.25, 0.3) is 0 Å². The second-order valence-electron chi connectivity index (χ2n) is 7.52. The standard InChI is InChI=1S/C18H30N4O3/c1-3-14(12-6-8-22(9-7-12)18(24)11(2)19)20-17(23)15-10-16(25-21-15)13-4-5-13/h10-14,18,24H,3-9,19H2,1-2H3,(H,20,23)/t11-,14?,18?/m1/s1. The maximum atomic E-state index is 12.5. The summed E-state index contributed by atoms with van der Waals surface area (Å²) in [6.07, 6.45) is 4.41. The maximum absolute atomic E-state index is 12.5. The van der Waals surface area contributed by atoms with Crippen LogP contribution in [0.1, 0.15) is 68.1 Å². The molecule has 7 nitrogen and oxygen atoms in total. The number of nitrogens with zero attached hydrogens (tertiary/aromatic N) is 2. The maximum Gasteiger partial charge on any atom is 0.273 e. The van der Waals surface area contributed by atoms with Gasteiger partial charge in [0.25, 0.3) is 5.91 Å². The van der Waals surface area contributed by atoms with E-state index in [1.54, 1.807) is 6.07 Å². The molecule has 0 spiro atoms. The van der Waals surface area contributed by atoms with Crippen LogP contribution >= 0.6 is 0 Å². The van der Waals surface area contributed by atoms with E-state index in [2.05, 4.69) is 17.4 Å². The van der Waals surface area contributed by atoms with Gasteiger partial charge in [-0.15, -0.1) is 0 Å². The van der Waals surface area contributed by atoms with Gasteiger partial charge in [-0.3, -0.25) is 9.69 Å². The number of piperidine rings is 1. The number of carbonyl (C=O) groups is 1. The van der Waals surface area contributed by atoms with Crippen LogP contribution in [0.3, 0.4) is 0 Å². The summed E-state index contributed by atoms with van der Waals surface area (Å²) >= 11 is 0. The van der Waals surface area contributed by atoms with E-state index >= 15 is 0 Å². The minimum absolute atomic E-state index is 0.114. The van der Waals surface area contributed by atoms with Gasteiger partial charge in [0, 0.05) is 37.2 Å². The molecule has 0 bridgehead atoms. The lowest BCUT2D eigenvalue weighted by Crippen LogP contribution is -2.52. The lowest BCUT2D eigenvalue weighted by molar-refractivity contribution is -0.0323. The Morgan fingerprint density at radius 2 is 2.12 bits per heavy atom. The van der Waals surface area contributed by atoms with Crippen molar-refractivity contribution in [3.8, 4) is 0 Å². The predicted octanol–water partition coefficient (Wildman–Crippen LogP) is 1.44. The molecule has 25 heavy (non-hydrogen) atoms. The van der Waals surface area contributed by atoms with Crippen molar-refractivity contribution in [2.45, 2.75) is 70.2 Å². The molecule has 2 unspecified atom stereocenters. The van der Waals surface area contributed by atoms with Crippen molar-refractivity contribution in [3.63, 3.8) is 0 Å². The molecular weight excluding hydrogens is 320 g/mol. The number of nitrogens with one attached hydrogen (secondary N) is 1. The van der Waals surface area contributed by atoms with E-state index in [0.717, 1.165) is 51.0 Å². The average molecular weight is 350 g/mol. The molecule has 140 valence electrons. The number of amides is 1. The second kappa shape index (κ2) is 7.85. The van der Waals surface area contributed by atoms with Gasteiger partial charge in [0.05, 0.1) is 0 Å². The number of rotatable bonds is 7. The summed E-state index contributed by atoms with van der Waals surface area (Å²) in [4.78, 5) is 14.5. The summed E-state index contributed by atoms with van der Waals surface area (Å²) in [5, 5.41) is 17.1. The Morgan fingerprint density at radius 3 is 2.68 bits per heavy atom. The number of hydrogen-bond acceptors (Lipinski definition) is 6. The topological polar surface area (TPSA) is 105 Å². The largest absolute Gasteiger partial charge is 0.377 e. The van der Waals surface area contributed by atoms with Crippen LogP contribution in [0, 0.1) is 5.92 Å². The number of likely N-dealkylation sites (tertiary alicyclic amines) is 1. The first kappa shape index (κ1) is 18.4. The van der Waals surface area contributed by atoms with Gasteiger partial charge in [0.15, 0.2) is 5.69 Å². The van der Waals surface area contributed by atoms with Crippen molar-refractivity contribution in [1.29, 1.82) is 0 Å². The molecule has 2 heterocycles. The van der Waals surface area contributed by atoms with E-state index in [0.29, 0.717) is 17.5 Å². The number of nitrogens with two attached hydrogens (primary N) is 1. The Labute approximate surface area is 148 Å². The van der Waals surface area contributed by atoms with Crippen molar-refractivity contribution < 1.29 is 14.4 Å². The van der Waals surface area contributed by atoms with Crippen LogP contribution in [-0.2, 0) is 0 Å². The zero-order valence-corrected chi connectivity index (χ0v) is 15.1. The summed E-state index contributed by atoms with van der Waals surface area (Å²) < 4.78 is 5.28. The van der Waals surface area contributed by atoms with E-state index in [1.165, 1.54) is 0 Å². The number of aliphatic hydroxyl groups is 1. The fourth-order valence-corrected chi connectivity index (χ4v) is 3.67. The highest BCUT2D eigenvalue weighted by atomic mass is 16.5. The number of aliphatic hydroxyl groups excluding tert-OH is 1. The summed E-state index contributed by atoms with van der Waals surface area (Å²) in [6.45, 7) is 5.51. The molecule has 4 N–H and O–H groups in total. The highest BCUT2D eigenvalue weighted by molar-refractivity contribution is 5.92. The molecule has 3 atom stereocenters. The Bertz CT molecular complexity index is 577. The van der Waals surface area contributed by atoms with Crippen LogP contribution < -0.4 is 11.1 Å². The van der Waals surface area contributed by atoms with E-state index < -0.39 is 6.23 Å². The van der Waals surface area contributed by atoms with E-state index in [9.17, 15) is 9.90 Å². The van der Waals surface area contributed by atoms with Gasteiger partial charge in [-0.2, -0.15) is 0 Å². The molecule has 0 radical (unpaired) electrons. The fourth-order valence-electron chi connectivity index (χ4n) is 3.67. The Kier molecular flexibility index (Phi) is 5.76. The molecule has 1 aromatic heterocycles. The average Bonchev–Trinajstić information content (AvgIpc) is 3.35. The van der Waals surface area contributed by atoms with Gasteiger partial charge >= 0.3 is 0 Å². The molecule has 1 aliphatic carbocycles. The normalized spacial score (nSPS) is 23.2. The van der Waals surface area contributed by atoms with E-state index in [-0.39, 0.29) is 18.0 Å². The third-order valence-electron chi connectivity index (χ3n) is 5.48. The van der Waals surface area contributed by atoms with Crippen molar-refractivity contribution in [2.75, 3.05) is 13.1 Å². The van der Waals surface area contributed by atoms with Gasteiger partial charge in [-0.25, -0.2) is 0 Å². The van der Waals surface area contributed by atoms with Gasteiger partial charge in [0.2, 0.25) is 0 Å². The van der Waals surface area contributed by atoms with Crippen LogP contribution in [-0.4, -0.2) is 52.5 Å². The first-order chi connectivity index (χ1) is 12.0. The zero-order valence-electron chi connectivity index (χ0n) is 15.1. The van der Waals surface area contributed by atoms with Gasteiger partial charge < -0.3 is 20.7 Å². The minimum Gasteiger partial charge on any atom is -0.377 e. The quantitative estimate of drug-likeness (QED) is 0.687. The van der Waals surface area contributed by atoms with Crippen molar-refractivity contribution in [2.24, 2.45) is 11.7 Å². The number of aromatic nitrogens is 1. The minimum atomic E-state index is -0.591. The molecule has 2 aliphatic rings. The molecule has 2 fully saturated rings.